The van der Waals surface area contributed by atoms with Crippen molar-refractivity contribution in [3.8, 4) is 0 Å². The molecule has 1 fully saturated rings. The molecule has 1 aliphatic rings. The minimum absolute atomic E-state index is 0.00684. The first-order valence-corrected chi connectivity index (χ1v) is 6.21. The molecule has 2 unspecified atom stereocenters. The highest BCUT2D eigenvalue weighted by molar-refractivity contribution is 5.48. The molecule has 0 radical (unpaired) electrons. The van der Waals surface area contributed by atoms with Gasteiger partial charge in [-0.25, -0.2) is 4.98 Å². The second-order valence-corrected chi connectivity index (χ2v) is 4.80. The number of ether oxygens (including phenoxy) is 1. The molecule has 18 heavy (non-hydrogen) atoms. The molecule has 0 aromatic carbocycles. The van der Waals surface area contributed by atoms with Crippen LogP contribution in [0.3, 0.4) is 0 Å². The first-order valence-electron chi connectivity index (χ1n) is 6.21. The molecule has 5 heteroatoms. The third kappa shape index (κ3) is 2.80. The van der Waals surface area contributed by atoms with E-state index in [2.05, 4.69) is 9.88 Å². The van der Waals surface area contributed by atoms with Gasteiger partial charge in [0.15, 0.2) is 0 Å². The van der Waals surface area contributed by atoms with Gasteiger partial charge >= 0.3 is 0 Å². The number of aliphatic hydroxyl groups is 2. The zero-order valence-corrected chi connectivity index (χ0v) is 10.8. The zero-order valence-electron chi connectivity index (χ0n) is 10.8. The minimum Gasteiger partial charge on any atom is -0.394 e. The van der Waals surface area contributed by atoms with Gasteiger partial charge in [-0.3, -0.25) is 0 Å². The van der Waals surface area contributed by atoms with E-state index in [1.807, 2.05) is 19.9 Å². The summed E-state index contributed by atoms with van der Waals surface area (Å²) in [4.78, 5) is 6.54. The van der Waals surface area contributed by atoms with Gasteiger partial charge in [-0.05, 0) is 31.0 Å². The Kier molecular flexibility index (Phi) is 4.16. The number of aromatic nitrogens is 1. The number of aliphatic hydroxyl groups excluding tert-OH is 2. The summed E-state index contributed by atoms with van der Waals surface area (Å²) in [6.45, 7) is 5.42. The van der Waals surface area contributed by atoms with Crippen LogP contribution < -0.4 is 4.90 Å². The van der Waals surface area contributed by atoms with E-state index in [0.717, 1.165) is 23.5 Å². The molecule has 2 heterocycles. The van der Waals surface area contributed by atoms with E-state index < -0.39 is 0 Å². The highest BCUT2D eigenvalue weighted by Gasteiger charge is 2.26. The van der Waals surface area contributed by atoms with Gasteiger partial charge in [0, 0.05) is 19.3 Å². The Bertz CT molecular complexity index is 411. The van der Waals surface area contributed by atoms with E-state index in [4.69, 9.17) is 9.84 Å². The maximum atomic E-state index is 9.22. The van der Waals surface area contributed by atoms with Crippen LogP contribution in [-0.4, -0.2) is 47.1 Å². The number of rotatable bonds is 3. The Hall–Kier alpha value is -1.17. The van der Waals surface area contributed by atoms with Crippen molar-refractivity contribution >= 4 is 5.82 Å². The molecule has 2 rings (SSSR count). The zero-order chi connectivity index (χ0) is 13.1. The normalized spacial score (nSPS) is 24.3. The summed E-state index contributed by atoms with van der Waals surface area (Å²) in [6.07, 6.45) is 1.61. The van der Waals surface area contributed by atoms with Crippen LogP contribution in [0.4, 0.5) is 5.82 Å². The van der Waals surface area contributed by atoms with Crippen molar-refractivity contribution in [3.63, 3.8) is 0 Å². The second-order valence-electron chi connectivity index (χ2n) is 4.80. The summed E-state index contributed by atoms with van der Waals surface area (Å²) in [5.41, 5.74) is 1.85. The fourth-order valence-electron chi connectivity index (χ4n) is 2.36. The van der Waals surface area contributed by atoms with Crippen LogP contribution in [0.5, 0.6) is 0 Å². The minimum atomic E-state index is -0.160. The largest absolute Gasteiger partial charge is 0.394 e. The van der Waals surface area contributed by atoms with Crippen LogP contribution in [0.15, 0.2) is 12.3 Å². The van der Waals surface area contributed by atoms with Crippen molar-refractivity contribution in [2.45, 2.75) is 32.7 Å². The van der Waals surface area contributed by atoms with Crippen molar-refractivity contribution < 1.29 is 14.9 Å². The lowest BCUT2D eigenvalue weighted by Crippen LogP contribution is -2.48. The third-order valence-electron chi connectivity index (χ3n) is 3.12. The lowest BCUT2D eigenvalue weighted by molar-refractivity contribution is -0.0423. The molecular weight excluding hydrogens is 232 g/mol. The van der Waals surface area contributed by atoms with Crippen molar-refractivity contribution in [2.75, 3.05) is 24.6 Å². The highest BCUT2D eigenvalue weighted by atomic mass is 16.5. The van der Waals surface area contributed by atoms with E-state index in [1.165, 1.54) is 0 Å². The highest BCUT2D eigenvalue weighted by Crippen LogP contribution is 2.22. The van der Waals surface area contributed by atoms with Gasteiger partial charge in [-0.2, -0.15) is 0 Å². The molecule has 0 bridgehead atoms. The van der Waals surface area contributed by atoms with Gasteiger partial charge in [0.1, 0.15) is 5.82 Å². The van der Waals surface area contributed by atoms with E-state index >= 15 is 0 Å². The van der Waals surface area contributed by atoms with Crippen LogP contribution in [-0.2, 0) is 11.3 Å². The summed E-state index contributed by atoms with van der Waals surface area (Å²) in [6, 6.07) is 1.94. The molecule has 1 aliphatic heterocycles. The third-order valence-corrected chi connectivity index (χ3v) is 3.12. The van der Waals surface area contributed by atoms with Crippen LogP contribution >= 0.6 is 0 Å². The predicted molar refractivity (Wildman–Crippen MR) is 68.5 cm³/mol. The molecule has 2 atom stereocenters. The molecule has 0 saturated carbocycles. The first kappa shape index (κ1) is 13.3. The molecule has 1 aromatic heterocycles. The Morgan fingerprint density at radius 2 is 2.22 bits per heavy atom. The SMILES string of the molecule is Cc1cc(CO)cnc1N1CC(C)OC(CO)C1. The summed E-state index contributed by atoms with van der Waals surface area (Å²) in [7, 11) is 0. The smallest absolute Gasteiger partial charge is 0.131 e. The van der Waals surface area contributed by atoms with Crippen molar-refractivity contribution in [1.82, 2.24) is 4.98 Å². The average molecular weight is 252 g/mol. The Morgan fingerprint density at radius 3 is 2.83 bits per heavy atom. The van der Waals surface area contributed by atoms with E-state index in [0.29, 0.717) is 6.54 Å². The van der Waals surface area contributed by atoms with Gasteiger partial charge in [0.2, 0.25) is 0 Å². The van der Waals surface area contributed by atoms with Crippen LogP contribution in [0, 0.1) is 6.92 Å². The van der Waals surface area contributed by atoms with E-state index in [1.54, 1.807) is 6.20 Å². The topological polar surface area (TPSA) is 65.8 Å². The fraction of sp³-hybridized carbons (Fsp3) is 0.615. The standard InChI is InChI=1S/C13H20N2O3/c1-9-3-11(7-16)4-14-13(9)15-5-10(2)18-12(6-15)8-17/h3-4,10,12,16-17H,5-8H2,1-2H3. The number of nitrogens with zero attached hydrogens (tertiary/aromatic N) is 2. The van der Waals surface area contributed by atoms with E-state index in [-0.39, 0.29) is 25.4 Å². The molecule has 0 aliphatic carbocycles. The van der Waals surface area contributed by atoms with E-state index in [9.17, 15) is 5.11 Å². The monoisotopic (exact) mass is 252 g/mol. The fourth-order valence-corrected chi connectivity index (χ4v) is 2.36. The van der Waals surface area contributed by atoms with Crippen molar-refractivity contribution in [1.29, 1.82) is 0 Å². The van der Waals surface area contributed by atoms with Crippen LogP contribution in [0.25, 0.3) is 0 Å². The molecular formula is C13H20N2O3. The predicted octanol–water partition coefficient (Wildman–Crippen LogP) is 0.468. The molecule has 0 spiro atoms. The Morgan fingerprint density at radius 1 is 1.44 bits per heavy atom. The van der Waals surface area contributed by atoms with Gasteiger partial charge in [0.05, 0.1) is 25.4 Å². The molecule has 2 N–H and O–H groups in total. The number of pyridine rings is 1. The Labute approximate surface area is 107 Å². The maximum absolute atomic E-state index is 9.22. The quantitative estimate of drug-likeness (QED) is 0.818. The summed E-state index contributed by atoms with van der Waals surface area (Å²) < 4.78 is 5.61. The lowest BCUT2D eigenvalue weighted by atomic mass is 10.1. The van der Waals surface area contributed by atoms with Crippen molar-refractivity contribution in [2.24, 2.45) is 0 Å². The second kappa shape index (κ2) is 5.65. The van der Waals surface area contributed by atoms with Gasteiger partial charge in [-0.15, -0.1) is 0 Å². The number of hydrogen-bond donors (Lipinski definition) is 2. The summed E-state index contributed by atoms with van der Waals surface area (Å²) >= 11 is 0. The van der Waals surface area contributed by atoms with Crippen molar-refractivity contribution in [3.05, 3.63) is 23.4 Å². The molecule has 0 amide bonds. The molecule has 5 nitrogen and oxygen atoms in total. The molecule has 1 saturated heterocycles. The first-order chi connectivity index (χ1) is 8.63. The van der Waals surface area contributed by atoms with Gasteiger partial charge in [0.25, 0.3) is 0 Å². The number of hydrogen-bond acceptors (Lipinski definition) is 5. The number of morpholine rings is 1. The number of anilines is 1. The maximum Gasteiger partial charge on any atom is 0.131 e. The van der Waals surface area contributed by atoms with Crippen LogP contribution in [0.2, 0.25) is 0 Å². The average Bonchev–Trinajstić information content (AvgIpc) is 2.37. The summed E-state index contributed by atoms with van der Waals surface area (Å²) in [5.74, 6) is 0.904. The van der Waals surface area contributed by atoms with Gasteiger partial charge < -0.3 is 19.8 Å². The summed E-state index contributed by atoms with van der Waals surface area (Å²) in [5, 5.41) is 18.3. The Balaban J connectivity index is 2.19. The molecule has 1 aromatic rings. The van der Waals surface area contributed by atoms with Crippen LogP contribution in [0.1, 0.15) is 18.1 Å². The lowest BCUT2D eigenvalue weighted by Gasteiger charge is -2.37. The number of aryl methyl sites for hydroxylation is 1. The van der Waals surface area contributed by atoms with Gasteiger partial charge in [-0.1, -0.05) is 0 Å². The molecule has 100 valence electrons.